The Bertz CT molecular complexity index is 269. The van der Waals surface area contributed by atoms with E-state index in [-0.39, 0.29) is 18.3 Å². The monoisotopic (exact) mass is 166 g/mol. The van der Waals surface area contributed by atoms with E-state index in [2.05, 4.69) is 0 Å². The SMILES string of the molecule is Cc1ccc([C@H](C)CO)c(O)c1. The third-order valence-corrected chi connectivity index (χ3v) is 1.99. The number of aromatic hydroxyl groups is 1. The number of aliphatic hydroxyl groups excluding tert-OH is 1. The van der Waals surface area contributed by atoms with Gasteiger partial charge in [-0.3, -0.25) is 0 Å². The Morgan fingerprint density at radius 2 is 2.08 bits per heavy atom. The highest BCUT2D eigenvalue weighted by molar-refractivity contribution is 5.38. The molecule has 1 rings (SSSR count). The van der Waals surface area contributed by atoms with Gasteiger partial charge in [-0.25, -0.2) is 0 Å². The number of phenolic OH excluding ortho intramolecular Hbond substituents is 1. The molecule has 0 aliphatic carbocycles. The molecule has 0 amide bonds. The van der Waals surface area contributed by atoms with Crippen molar-refractivity contribution >= 4 is 0 Å². The zero-order valence-corrected chi connectivity index (χ0v) is 7.41. The lowest BCUT2D eigenvalue weighted by atomic mass is 10.00. The van der Waals surface area contributed by atoms with E-state index in [1.54, 1.807) is 6.07 Å². The van der Waals surface area contributed by atoms with Gasteiger partial charge >= 0.3 is 0 Å². The predicted molar refractivity (Wildman–Crippen MR) is 48.3 cm³/mol. The van der Waals surface area contributed by atoms with Crippen LogP contribution in [-0.2, 0) is 0 Å². The van der Waals surface area contributed by atoms with Crippen LogP contribution in [0.2, 0.25) is 0 Å². The van der Waals surface area contributed by atoms with E-state index in [1.165, 1.54) is 0 Å². The quantitative estimate of drug-likeness (QED) is 0.703. The van der Waals surface area contributed by atoms with Crippen LogP contribution in [0.4, 0.5) is 0 Å². The second-order valence-corrected chi connectivity index (χ2v) is 3.15. The highest BCUT2D eigenvalue weighted by Gasteiger charge is 2.08. The summed E-state index contributed by atoms with van der Waals surface area (Å²) in [4.78, 5) is 0. The van der Waals surface area contributed by atoms with Crippen LogP contribution in [-0.4, -0.2) is 16.8 Å². The Hall–Kier alpha value is -1.02. The average molecular weight is 166 g/mol. The zero-order valence-electron chi connectivity index (χ0n) is 7.41. The van der Waals surface area contributed by atoms with Crippen LogP contribution >= 0.6 is 0 Å². The van der Waals surface area contributed by atoms with Crippen molar-refractivity contribution < 1.29 is 10.2 Å². The zero-order chi connectivity index (χ0) is 9.14. The van der Waals surface area contributed by atoms with Crippen molar-refractivity contribution in [2.24, 2.45) is 0 Å². The van der Waals surface area contributed by atoms with E-state index in [9.17, 15) is 5.11 Å². The van der Waals surface area contributed by atoms with Gasteiger partial charge < -0.3 is 10.2 Å². The summed E-state index contributed by atoms with van der Waals surface area (Å²) in [5.41, 5.74) is 1.84. The molecule has 2 heteroatoms. The van der Waals surface area contributed by atoms with Crippen LogP contribution in [0.1, 0.15) is 24.0 Å². The summed E-state index contributed by atoms with van der Waals surface area (Å²) < 4.78 is 0. The maximum Gasteiger partial charge on any atom is 0.119 e. The minimum absolute atomic E-state index is 0.00519. The van der Waals surface area contributed by atoms with Gasteiger partial charge in [0.25, 0.3) is 0 Å². The third kappa shape index (κ3) is 1.77. The number of aryl methyl sites for hydroxylation is 1. The molecule has 0 unspecified atom stereocenters. The van der Waals surface area contributed by atoms with E-state index in [0.29, 0.717) is 0 Å². The van der Waals surface area contributed by atoms with E-state index < -0.39 is 0 Å². The van der Waals surface area contributed by atoms with E-state index >= 15 is 0 Å². The molecule has 0 saturated carbocycles. The van der Waals surface area contributed by atoms with Gasteiger partial charge in [0.2, 0.25) is 0 Å². The summed E-state index contributed by atoms with van der Waals surface area (Å²) in [5, 5.41) is 18.4. The van der Waals surface area contributed by atoms with Gasteiger partial charge in [-0.15, -0.1) is 0 Å². The molecule has 0 aliphatic heterocycles. The Labute approximate surface area is 72.5 Å². The molecule has 1 atom stereocenters. The van der Waals surface area contributed by atoms with Crippen LogP contribution in [0.3, 0.4) is 0 Å². The first-order valence-electron chi connectivity index (χ1n) is 4.05. The van der Waals surface area contributed by atoms with Crippen molar-refractivity contribution in [2.45, 2.75) is 19.8 Å². The molecule has 0 heterocycles. The van der Waals surface area contributed by atoms with Gasteiger partial charge in [0.15, 0.2) is 0 Å². The molecule has 0 saturated heterocycles. The fourth-order valence-electron chi connectivity index (χ4n) is 1.17. The van der Waals surface area contributed by atoms with E-state index in [4.69, 9.17) is 5.11 Å². The number of benzene rings is 1. The molecular formula is C10H14O2. The van der Waals surface area contributed by atoms with Crippen molar-refractivity contribution in [1.82, 2.24) is 0 Å². The van der Waals surface area contributed by atoms with Crippen molar-refractivity contribution in [3.8, 4) is 5.75 Å². The molecule has 0 fully saturated rings. The number of phenols is 1. The molecular weight excluding hydrogens is 152 g/mol. The first-order valence-corrected chi connectivity index (χ1v) is 4.05. The molecule has 0 aromatic heterocycles. The maximum absolute atomic E-state index is 9.48. The van der Waals surface area contributed by atoms with Crippen LogP contribution in [0, 0.1) is 6.92 Å². The Morgan fingerprint density at radius 1 is 1.42 bits per heavy atom. The molecule has 0 radical (unpaired) electrons. The number of aliphatic hydroxyl groups is 1. The minimum Gasteiger partial charge on any atom is -0.508 e. The molecule has 2 nitrogen and oxygen atoms in total. The predicted octanol–water partition coefficient (Wildman–Crippen LogP) is 1.80. The van der Waals surface area contributed by atoms with E-state index in [0.717, 1.165) is 11.1 Å². The molecule has 1 aromatic rings. The second-order valence-electron chi connectivity index (χ2n) is 3.15. The lowest BCUT2D eigenvalue weighted by Gasteiger charge is -2.10. The van der Waals surface area contributed by atoms with E-state index in [1.807, 2.05) is 26.0 Å². The van der Waals surface area contributed by atoms with Gasteiger partial charge in [0, 0.05) is 12.5 Å². The van der Waals surface area contributed by atoms with Crippen molar-refractivity contribution in [2.75, 3.05) is 6.61 Å². The van der Waals surface area contributed by atoms with Crippen LogP contribution < -0.4 is 0 Å². The summed E-state index contributed by atoms with van der Waals surface area (Å²) in [6.07, 6.45) is 0. The average Bonchev–Trinajstić information content (AvgIpc) is 2.03. The molecule has 66 valence electrons. The number of rotatable bonds is 2. The third-order valence-electron chi connectivity index (χ3n) is 1.99. The summed E-state index contributed by atoms with van der Waals surface area (Å²) in [6.45, 7) is 3.87. The smallest absolute Gasteiger partial charge is 0.119 e. The molecule has 0 aliphatic rings. The second kappa shape index (κ2) is 3.59. The molecule has 2 N–H and O–H groups in total. The molecule has 1 aromatic carbocycles. The highest BCUT2D eigenvalue weighted by Crippen LogP contribution is 2.25. The maximum atomic E-state index is 9.48. The van der Waals surface area contributed by atoms with Crippen LogP contribution in [0.15, 0.2) is 18.2 Å². The summed E-state index contributed by atoms with van der Waals surface area (Å²) >= 11 is 0. The van der Waals surface area contributed by atoms with Crippen molar-refractivity contribution in [3.63, 3.8) is 0 Å². The van der Waals surface area contributed by atoms with Gasteiger partial charge in [-0.05, 0) is 24.1 Å². The molecule has 0 spiro atoms. The Balaban J connectivity index is 3.01. The van der Waals surface area contributed by atoms with Gasteiger partial charge in [0.05, 0.1) is 0 Å². The molecule has 0 bridgehead atoms. The largest absolute Gasteiger partial charge is 0.508 e. The topological polar surface area (TPSA) is 40.5 Å². The van der Waals surface area contributed by atoms with Crippen LogP contribution in [0.5, 0.6) is 5.75 Å². The Kier molecular flexibility index (Phi) is 2.71. The van der Waals surface area contributed by atoms with Crippen LogP contribution in [0.25, 0.3) is 0 Å². The van der Waals surface area contributed by atoms with Gasteiger partial charge in [-0.2, -0.15) is 0 Å². The Morgan fingerprint density at radius 3 is 2.58 bits per heavy atom. The van der Waals surface area contributed by atoms with Crippen molar-refractivity contribution in [3.05, 3.63) is 29.3 Å². The normalized spacial score (nSPS) is 12.9. The summed E-state index contributed by atoms with van der Waals surface area (Å²) in [7, 11) is 0. The fraction of sp³-hybridized carbons (Fsp3) is 0.400. The molecule has 12 heavy (non-hydrogen) atoms. The minimum atomic E-state index is 0.00519. The number of hydrogen-bond donors (Lipinski definition) is 2. The number of hydrogen-bond acceptors (Lipinski definition) is 2. The summed E-state index contributed by atoms with van der Waals surface area (Å²) in [6, 6.07) is 5.49. The highest BCUT2D eigenvalue weighted by atomic mass is 16.3. The van der Waals surface area contributed by atoms with Gasteiger partial charge in [0.1, 0.15) is 5.75 Å². The first kappa shape index (κ1) is 9.07. The fourth-order valence-corrected chi connectivity index (χ4v) is 1.17. The van der Waals surface area contributed by atoms with Gasteiger partial charge in [-0.1, -0.05) is 19.1 Å². The first-order chi connectivity index (χ1) is 5.65. The van der Waals surface area contributed by atoms with Crippen molar-refractivity contribution in [1.29, 1.82) is 0 Å². The lowest BCUT2D eigenvalue weighted by molar-refractivity contribution is 0.270. The lowest BCUT2D eigenvalue weighted by Crippen LogP contribution is -1.98. The standard InChI is InChI=1S/C10H14O2/c1-7-3-4-9(8(2)6-11)10(12)5-7/h3-5,8,11-12H,6H2,1-2H3/t8-/m1/s1. The summed E-state index contributed by atoms with van der Waals surface area (Å²) in [5.74, 6) is 0.280.